The number of nitrogens with zero attached hydrogens (tertiary/aromatic N) is 5. The highest BCUT2D eigenvalue weighted by Crippen LogP contribution is 2.26. The normalized spacial score (nSPS) is 11.8. The molecule has 0 saturated carbocycles. The molecule has 170 valence electrons. The number of halogens is 1. The van der Waals surface area contributed by atoms with Crippen LogP contribution in [0.1, 0.15) is 34.2 Å². The lowest BCUT2D eigenvalue weighted by atomic mass is 10.3. The van der Waals surface area contributed by atoms with Gasteiger partial charge in [0.25, 0.3) is 5.91 Å². The summed E-state index contributed by atoms with van der Waals surface area (Å²) in [6.45, 7) is 3.54. The average molecular weight is 479 g/mol. The number of carbonyl (C=O) groups excluding carboxylic acids is 2. The minimum atomic E-state index is -0.424. The fourth-order valence-corrected chi connectivity index (χ4v) is 4.43. The molecule has 1 N–H and O–H groups in total. The summed E-state index contributed by atoms with van der Waals surface area (Å²) < 4.78 is 20.6. The Hall–Kier alpha value is -2.99. The summed E-state index contributed by atoms with van der Waals surface area (Å²) in [5, 5.41) is 11.9. The Bertz CT molecular complexity index is 1110. The molecular weight excluding hydrogens is 455 g/mol. The second-order valence-electron chi connectivity index (χ2n) is 7.08. The van der Waals surface area contributed by atoms with E-state index >= 15 is 0 Å². The van der Waals surface area contributed by atoms with Crippen LogP contribution in [0.3, 0.4) is 0 Å². The van der Waals surface area contributed by atoms with E-state index in [9.17, 15) is 14.0 Å². The van der Waals surface area contributed by atoms with Gasteiger partial charge in [0.05, 0.1) is 11.4 Å². The second-order valence-corrected chi connectivity index (χ2v) is 9.03. The molecule has 32 heavy (non-hydrogen) atoms. The molecule has 1 atom stereocenters. The summed E-state index contributed by atoms with van der Waals surface area (Å²) in [7, 11) is 5.11. The molecular formula is C20H23FN6O3S2. The van der Waals surface area contributed by atoms with E-state index in [1.807, 2.05) is 6.92 Å². The van der Waals surface area contributed by atoms with Crippen molar-refractivity contribution in [2.24, 2.45) is 7.05 Å². The van der Waals surface area contributed by atoms with Crippen LogP contribution in [-0.4, -0.2) is 56.3 Å². The van der Waals surface area contributed by atoms with E-state index in [1.165, 1.54) is 28.8 Å². The van der Waals surface area contributed by atoms with E-state index < -0.39 is 6.10 Å². The standard InChI is InChI=1S/C20H23FN6O3S2/c1-11-16(18(29)26(3)4)32-19(22-11)23-15(28)10-31-20-25-24-17(27(20)5)12(2)30-14-8-6-13(21)7-9-14/h6-9,12H,10H2,1-5H3,(H,22,23,28). The number of carbonyl (C=O) groups is 2. The van der Waals surface area contributed by atoms with Gasteiger partial charge in [-0.05, 0) is 38.1 Å². The highest BCUT2D eigenvalue weighted by molar-refractivity contribution is 7.99. The Labute approximate surface area is 193 Å². The van der Waals surface area contributed by atoms with Crippen LogP contribution in [0.2, 0.25) is 0 Å². The van der Waals surface area contributed by atoms with Crippen molar-refractivity contribution < 1.29 is 18.7 Å². The Morgan fingerprint density at radius 3 is 2.62 bits per heavy atom. The molecule has 0 fully saturated rings. The predicted molar refractivity (Wildman–Crippen MR) is 121 cm³/mol. The number of aromatic nitrogens is 4. The second kappa shape index (κ2) is 10.1. The van der Waals surface area contributed by atoms with Crippen LogP contribution >= 0.6 is 23.1 Å². The van der Waals surface area contributed by atoms with Crippen molar-refractivity contribution in [3.8, 4) is 5.75 Å². The topological polar surface area (TPSA) is 102 Å². The van der Waals surface area contributed by atoms with Crippen LogP contribution in [0.4, 0.5) is 9.52 Å². The number of amides is 2. The molecule has 2 heterocycles. The number of hydrogen-bond donors (Lipinski definition) is 1. The number of benzene rings is 1. The summed E-state index contributed by atoms with van der Waals surface area (Å²) in [4.78, 5) is 30.7. The molecule has 0 aliphatic rings. The van der Waals surface area contributed by atoms with Gasteiger partial charge in [-0.3, -0.25) is 9.59 Å². The van der Waals surface area contributed by atoms with Gasteiger partial charge in [-0.2, -0.15) is 0 Å². The molecule has 3 aromatic rings. The van der Waals surface area contributed by atoms with Crippen LogP contribution in [0, 0.1) is 12.7 Å². The van der Waals surface area contributed by atoms with Gasteiger partial charge >= 0.3 is 0 Å². The molecule has 1 aromatic carbocycles. The van der Waals surface area contributed by atoms with Crippen molar-refractivity contribution in [3.05, 3.63) is 46.5 Å². The summed E-state index contributed by atoms with van der Waals surface area (Å²) >= 11 is 2.36. The first-order valence-electron chi connectivity index (χ1n) is 9.59. The first-order chi connectivity index (χ1) is 15.2. The zero-order valence-electron chi connectivity index (χ0n) is 18.2. The van der Waals surface area contributed by atoms with Gasteiger partial charge in [-0.1, -0.05) is 23.1 Å². The molecule has 0 aliphatic heterocycles. The summed E-state index contributed by atoms with van der Waals surface area (Å²) in [6.07, 6.45) is -0.424. The van der Waals surface area contributed by atoms with Crippen molar-refractivity contribution in [1.29, 1.82) is 0 Å². The summed E-state index contributed by atoms with van der Waals surface area (Å²) in [5.41, 5.74) is 0.574. The third-order valence-electron chi connectivity index (χ3n) is 4.33. The molecule has 9 nitrogen and oxygen atoms in total. The van der Waals surface area contributed by atoms with Gasteiger partial charge < -0.3 is 19.5 Å². The minimum absolute atomic E-state index is 0.0920. The maximum Gasteiger partial charge on any atom is 0.265 e. The van der Waals surface area contributed by atoms with Crippen molar-refractivity contribution >= 4 is 40.0 Å². The monoisotopic (exact) mass is 478 g/mol. The smallest absolute Gasteiger partial charge is 0.265 e. The fourth-order valence-electron chi connectivity index (χ4n) is 2.71. The molecule has 2 aromatic heterocycles. The molecule has 1 unspecified atom stereocenters. The van der Waals surface area contributed by atoms with Crippen LogP contribution in [0.15, 0.2) is 29.4 Å². The molecule has 0 aliphatic carbocycles. The van der Waals surface area contributed by atoms with Crippen LogP contribution in [0.25, 0.3) is 0 Å². The summed E-state index contributed by atoms with van der Waals surface area (Å²) in [5.74, 6) is 0.413. The van der Waals surface area contributed by atoms with E-state index in [0.29, 0.717) is 32.4 Å². The first-order valence-corrected chi connectivity index (χ1v) is 11.4. The molecule has 0 saturated heterocycles. The van der Waals surface area contributed by atoms with Gasteiger partial charge in [0.15, 0.2) is 22.2 Å². The molecule has 2 amide bonds. The van der Waals surface area contributed by atoms with E-state index in [1.54, 1.807) is 44.8 Å². The lowest BCUT2D eigenvalue weighted by Crippen LogP contribution is -2.21. The quantitative estimate of drug-likeness (QED) is 0.496. The van der Waals surface area contributed by atoms with Crippen LogP contribution in [0.5, 0.6) is 5.75 Å². The van der Waals surface area contributed by atoms with Crippen molar-refractivity contribution in [3.63, 3.8) is 0 Å². The molecule has 0 bridgehead atoms. The Balaban J connectivity index is 1.57. The minimum Gasteiger partial charge on any atom is -0.483 e. The zero-order valence-corrected chi connectivity index (χ0v) is 19.9. The van der Waals surface area contributed by atoms with Crippen molar-refractivity contribution in [1.82, 2.24) is 24.6 Å². The lowest BCUT2D eigenvalue weighted by Gasteiger charge is -2.14. The molecule has 12 heteroatoms. The number of anilines is 1. The highest BCUT2D eigenvalue weighted by Gasteiger charge is 2.20. The number of rotatable bonds is 8. The first kappa shape index (κ1) is 23.7. The van der Waals surface area contributed by atoms with E-state index in [2.05, 4.69) is 20.5 Å². The van der Waals surface area contributed by atoms with Crippen LogP contribution in [-0.2, 0) is 11.8 Å². The zero-order chi connectivity index (χ0) is 23.4. The summed E-state index contributed by atoms with van der Waals surface area (Å²) in [6, 6.07) is 5.73. The van der Waals surface area contributed by atoms with Gasteiger partial charge in [0.2, 0.25) is 5.91 Å². The lowest BCUT2D eigenvalue weighted by molar-refractivity contribution is -0.113. The van der Waals surface area contributed by atoms with E-state index in [-0.39, 0.29) is 23.4 Å². The van der Waals surface area contributed by atoms with Gasteiger partial charge in [0, 0.05) is 21.1 Å². The average Bonchev–Trinajstić information content (AvgIpc) is 3.29. The third-order valence-corrected chi connectivity index (χ3v) is 6.42. The van der Waals surface area contributed by atoms with Crippen molar-refractivity contribution in [2.75, 3.05) is 25.2 Å². The number of hydrogen-bond acceptors (Lipinski definition) is 8. The van der Waals surface area contributed by atoms with E-state index in [0.717, 1.165) is 11.3 Å². The number of thioether (sulfide) groups is 1. The van der Waals surface area contributed by atoms with Gasteiger partial charge in [-0.25, -0.2) is 9.37 Å². The van der Waals surface area contributed by atoms with E-state index in [4.69, 9.17) is 4.74 Å². The predicted octanol–water partition coefficient (Wildman–Crippen LogP) is 3.29. The largest absolute Gasteiger partial charge is 0.483 e. The maximum absolute atomic E-state index is 13.1. The Kier molecular flexibility index (Phi) is 7.46. The Morgan fingerprint density at radius 1 is 1.28 bits per heavy atom. The van der Waals surface area contributed by atoms with Crippen LogP contribution < -0.4 is 10.1 Å². The number of aryl methyl sites for hydroxylation is 1. The molecule has 0 spiro atoms. The maximum atomic E-state index is 13.1. The number of nitrogens with one attached hydrogen (secondary N) is 1. The molecule has 3 rings (SSSR count). The number of ether oxygens (including phenoxy) is 1. The van der Waals surface area contributed by atoms with Gasteiger partial charge in [-0.15, -0.1) is 10.2 Å². The SMILES string of the molecule is Cc1nc(NC(=O)CSc2nnc(C(C)Oc3ccc(F)cc3)n2C)sc1C(=O)N(C)C. The Morgan fingerprint density at radius 2 is 1.97 bits per heavy atom. The van der Waals surface area contributed by atoms with Crippen molar-refractivity contribution in [2.45, 2.75) is 25.1 Å². The van der Waals surface area contributed by atoms with Gasteiger partial charge in [0.1, 0.15) is 16.4 Å². The molecule has 0 radical (unpaired) electrons. The number of thiazole rings is 1. The third kappa shape index (κ3) is 5.62. The highest BCUT2D eigenvalue weighted by atomic mass is 32.2. The fraction of sp³-hybridized carbons (Fsp3) is 0.350.